The molecule has 170 valence electrons. The van der Waals surface area contributed by atoms with Crippen LogP contribution in [0.15, 0.2) is 42.7 Å². The maximum absolute atomic E-state index is 12.6. The monoisotopic (exact) mass is 438 g/mol. The molecule has 0 radical (unpaired) electrons. The van der Waals surface area contributed by atoms with Gasteiger partial charge in [-0.1, -0.05) is 18.2 Å². The van der Waals surface area contributed by atoms with Crippen LogP contribution >= 0.6 is 0 Å². The van der Waals surface area contributed by atoms with E-state index in [4.69, 9.17) is 10.2 Å². The number of aliphatic hydroxyl groups is 2. The van der Waals surface area contributed by atoms with E-state index in [9.17, 15) is 4.79 Å². The molecule has 0 aliphatic heterocycles. The topological polar surface area (TPSA) is 125 Å². The van der Waals surface area contributed by atoms with E-state index in [1.54, 1.807) is 10.9 Å². The number of anilines is 1. The zero-order valence-electron chi connectivity index (χ0n) is 18.0. The van der Waals surface area contributed by atoms with E-state index < -0.39 is 0 Å². The molecule has 2 aromatic heterocycles. The van der Waals surface area contributed by atoms with Crippen LogP contribution < -0.4 is 10.6 Å². The van der Waals surface area contributed by atoms with Gasteiger partial charge in [0.15, 0.2) is 5.82 Å². The first kappa shape index (κ1) is 22.2. The molecule has 9 heteroatoms. The largest absolute Gasteiger partial charge is 0.396 e. The number of aromatic nitrogens is 4. The number of amides is 1. The average Bonchev–Trinajstić information content (AvgIpc) is 3.24. The van der Waals surface area contributed by atoms with E-state index in [1.165, 1.54) is 0 Å². The molecule has 0 atom stereocenters. The molecule has 3 aromatic rings. The van der Waals surface area contributed by atoms with Gasteiger partial charge in [-0.2, -0.15) is 10.1 Å². The molecule has 4 N–H and O–H groups in total. The highest BCUT2D eigenvalue weighted by atomic mass is 16.3. The molecule has 2 heterocycles. The van der Waals surface area contributed by atoms with Crippen molar-refractivity contribution >= 4 is 22.8 Å². The molecule has 0 unspecified atom stereocenters. The van der Waals surface area contributed by atoms with Crippen LogP contribution in [0.2, 0.25) is 0 Å². The molecule has 1 amide bonds. The summed E-state index contributed by atoms with van der Waals surface area (Å²) in [6.45, 7) is -0.00993. The van der Waals surface area contributed by atoms with Crippen LogP contribution in [-0.2, 0) is 4.79 Å². The van der Waals surface area contributed by atoms with Gasteiger partial charge in [-0.15, -0.1) is 0 Å². The van der Waals surface area contributed by atoms with Gasteiger partial charge < -0.3 is 20.8 Å². The van der Waals surface area contributed by atoms with E-state index in [-0.39, 0.29) is 37.1 Å². The van der Waals surface area contributed by atoms with Crippen LogP contribution in [0.4, 0.5) is 5.95 Å². The number of benzene rings is 1. The first-order valence-electron chi connectivity index (χ1n) is 11.2. The van der Waals surface area contributed by atoms with Crippen molar-refractivity contribution < 1.29 is 15.0 Å². The number of hydrogen-bond acceptors (Lipinski definition) is 7. The van der Waals surface area contributed by atoms with Crippen molar-refractivity contribution in [1.29, 1.82) is 0 Å². The van der Waals surface area contributed by atoms with Crippen LogP contribution in [-0.4, -0.2) is 61.2 Å². The smallest absolute Gasteiger partial charge is 0.224 e. The fourth-order valence-corrected chi connectivity index (χ4v) is 4.29. The minimum Gasteiger partial charge on any atom is -0.396 e. The molecule has 32 heavy (non-hydrogen) atoms. The second-order valence-electron chi connectivity index (χ2n) is 8.28. The SMILES string of the molecule is O=C(NC(CCO)CCO)C1CCC(Nc2nccc(-n3ncc4ccccc43)n2)CC1. The highest BCUT2D eigenvalue weighted by molar-refractivity contribution is 5.80. The lowest BCUT2D eigenvalue weighted by Crippen LogP contribution is -2.42. The number of para-hydroxylation sites is 1. The van der Waals surface area contributed by atoms with Crippen molar-refractivity contribution in [3.8, 4) is 5.82 Å². The van der Waals surface area contributed by atoms with Crippen LogP contribution in [0.25, 0.3) is 16.7 Å². The molecule has 0 saturated heterocycles. The lowest BCUT2D eigenvalue weighted by molar-refractivity contribution is -0.126. The predicted octanol–water partition coefficient (Wildman–Crippen LogP) is 2.04. The Bertz CT molecular complexity index is 1030. The molecule has 0 spiro atoms. The number of carbonyl (C=O) groups is 1. The van der Waals surface area contributed by atoms with Gasteiger partial charge in [0, 0.05) is 48.9 Å². The molecule has 1 fully saturated rings. The van der Waals surface area contributed by atoms with E-state index in [2.05, 4.69) is 25.7 Å². The van der Waals surface area contributed by atoms with Gasteiger partial charge in [-0.25, -0.2) is 9.67 Å². The Hall–Kier alpha value is -3.04. The number of nitrogens with one attached hydrogen (secondary N) is 2. The van der Waals surface area contributed by atoms with Crippen LogP contribution in [0, 0.1) is 5.92 Å². The number of aliphatic hydroxyl groups excluding tert-OH is 2. The third-order valence-electron chi connectivity index (χ3n) is 6.07. The Morgan fingerprint density at radius 1 is 1.09 bits per heavy atom. The van der Waals surface area contributed by atoms with Crippen LogP contribution in [0.3, 0.4) is 0 Å². The fraction of sp³-hybridized carbons (Fsp3) is 0.478. The zero-order chi connectivity index (χ0) is 22.3. The van der Waals surface area contributed by atoms with Gasteiger partial charge >= 0.3 is 0 Å². The third-order valence-corrected chi connectivity index (χ3v) is 6.07. The lowest BCUT2D eigenvalue weighted by Gasteiger charge is -2.29. The summed E-state index contributed by atoms with van der Waals surface area (Å²) in [5.74, 6) is 1.23. The van der Waals surface area contributed by atoms with Gasteiger partial charge in [0.2, 0.25) is 11.9 Å². The fourth-order valence-electron chi connectivity index (χ4n) is 4.29. The Morgan fingerprint density at radius 2 is 1.84 bits per heavy atom. The minimum atomic E-state index is -0.178. The molecular weight excluding hydrogens is 408 g/mol. The van der Waals surface area contributed by atoms with Crippen LogP contribution in [0.5, 0.6) is 0 Å². The quantitative estimate of drug-likeness (QED) is 0.403. The van der Waals surface area contributed by atoms with Crippen molar-refractivity contribution in [2.75, 3.05) is 18.5 Å². The summed E-state index contributed by atoms with van der Waals surface area (Å²) in [7, 11) is 0. The molecule has 9 nitrogen and oxygen atoms in total. The molecule has 1 aliphatic carbocycles. The Balaban J connectivity index is 1.34. The summed E-state index contributed by atoms with van der Waals surface area (Å²) in [6, 6.07) is 9.85. The minimum absolute atomic E-state index is 0.00496. The Labute approximate surface area is 186 Å². The van der Waals surface area contributed by atoms with Crippen molar-refractivity contribution in [1.82, 2.24) is 25.1 Å². The zero-order valence-corrected chi connectivity index (χ0v) is 18.0. The summed E-state index contributed by atoms with van der Waals surface area (Å²) in [5.41, 5.74) is 0.990. The van der Waals surface area contributed by atoms with E-state index in [0.29, 0.717) is 24.6 Å². The summed E-state index contributed by atoms with van der Waals surface area (Å²) in [6.07, 6.45) is 7.72. The summed E-state index contributed by atoms with van der Waals surface area (Å²) in [5, 5.41) is 30.2. The van der Waals surface area contributed by atoms with Gasteiger partial charge in [0.1, 0.15) is 0 Å². The predicted molar refractivity (Wildman–Crippen MR) is 121 cm³/mol. The number of hydrogen-bond donors (Lipinski definition) is 4. The summed E-state index contributed by atoms with van der Waals surface area (Å²) >= 11 is 0. The molecular formula is C23H30N6O3. The second kappa shape index (κ2) is 10.5. The second-order valence-corrected chi connectivity index (χ2v) is 8.28. The molecule has 0 bridgehead atoms. The van der Waals surface area contributed by atoms with Crippen molar-refractivity contribution in [2.24, 2.45) is 5.92 Å². The molecule has 1 saturated carbocycles. The standard InChI is InChI=1S/C23H30N6O3/c30-13-10-19(11-14-31)26-22(32)16-5-7-18(8-6-16)27-23-24-12-9-21(28-23)29-20-4-2-1-3-17(20)15-25-29/h1-4,9,12,15-16,18-19,30-31H,5-8,10-11,13-14H2,(H,26,32)(H,24,27,28). The molecule has 1 aromatic carbocycles. The number of carbonyl (C=O) groups excluding carboxylic acids is 1. The highest BCUT2D eigenvalue weighted by Gasteiger charge is 2.28. The summed E-state index contributed by atoms with van der Waals surface area (Å²) < 4.78 is 1.80. The highest BCUT2D eigenvalue weighted by Crippen LogP contribution is 2.27. The first-order valence-corrected chi connectivity index (χ1v) is 11.2. The maximum atomic E-state index is 12.6. The molecule has 1 aliphatic rings. The normalized spacial score (nSPS) is 18.7. The number of rotatable bonds is 9. The van der Waals surface area contributed by atoms with Crippen molar-refractivity contribution in [3.05, 3.63) is 42.7 Å². The third kappa shape index (κ3) is 5.23. The Morgan fingerprint density at radius 3 is 2.59 bits per heavy atom. The average molecular weight is 439 g/mol. The van der Waals surface area contributed by atoms with E-state index in [0.717, 1.165) is 36.6 Å². The number of fused-ring (bicyclic) bond motifs is 1. The Kier molecular flexibility index (Phi) is 7.28. The van der Waals surface area contributed by atoms with Crippen molar-refractivity contribution in [3.63, 3.8) is 0 Å². The van der Waals surface area contributed by atoms with Crippen LogP contribution in [0.1, 0.15) is 38.5 Å². The van der Waals surface area contributed by atoms with Gasteiger partial charge in [-0.05, 0) is 44.6 Å². The van der Waals surface area contributed by atoms with E-state index >= 15 is 0 Å². The first-order chi connectivity index (χ1) is 15.7. The van der Waals surface area contributed by atoms with E-state index in [1.807, 2.05) is 36.5 Å². The van der Waals surface area contributed by atoms with Gasteiger partial charge in [-0.3, -0.25) is 4.79 Å². The molecule has 4 rings (SSSR count). The van der Waals surface area contributed by atoms with Gasteiger partial charge in [0.25, 0.3) is 0 Å². The lowest BCUT2D eigenvalue weighted by atomic mass is 9.85. The van der Waals surface area contributed by atoms with Gasteiger partial charge in [0.05, 0.1) is 11.7 Å². The maximum Gasteiger partial charge on any atom is 0.224 e. The van der Waals surface area contributed by atoms with Crippen molar-refractivity contribution in [2.45, 2.75) is 50.6 Å². The summed E-state index contributed by atoms with van der Waals surface area (Å²) in [4.78, 5) is 21.6. The number of nitrogens with zero attached hydrogens (tertiary/aromatic N) is 4.